The predicted molar refractivity (Wildman–Crippen MR) is 75.8 cm³/mol. The molecule has 0 spiro atoms. The molecule has 0 saturated heterocycles. The van der Waals surface area contributed by atoms with Gasteiger partial charge in [-0.1, -0.05) is 12.1 Å². The van der Waals surface area contributed by atoms with Crippen LogP contribution < -0.4 is 0 Å². The van der Waals surface area contributed by atoms with Gasteiger partial charge in [0.15, 0.2) is 0 Å². The summed E-state index contributed by atoms with van der Waals surface area (Å²) in [6.07, 6.45) is 3.42. The average Bonchev–Trinajstić information content (AvgIpc) is 2.81. The number of rotatable bonds is 5. The van der Waals surface area contributed by atoms with E-state index in [0.29, 0.717) is 6.42 Å². The normalized spacial score (nSPS) is 10.9. The van der Waals surface area contributed by atoms with Gasteiger partial charge in [-0.15, -0.1) is 0 Å². The smallest absolute Gasteiger partial charge is 0.222 e. The number of benzene rings is 1. The molecule has 0 fully saturated rings. The van der Waals surface area contributed by atoms with E-state index in [4.69, 9.17) is 0 Å². The first kappa shape index (κ1) is 13.6. The highest BCUT2D eigenvalue weighted by Crippen LogP contribution is 2.18. The molecule has 2 rings (SSSR count). The second kappa shape index (κ2) is 5.89. The van der Waals surface area contributed by atoms with Crippen molar-refractivity contribution in [3.63, 3.8) is 0 Å². The molecule has 1 N–H and O–H groups in total. The molecule has 0 aliphatic rings. The van der Waals surface area contributed by atoms with Crippen LogP contribution in [0.2, 0.25) is 0 Å². The first-order chi connectivity index (χ1) is 9.11. The standard InChI is InChI=1S/C15H20N2O2/c1-16(2)15(19)4-3-8-17-9-7-13-6-5-12(11-18)10-14(13)17/h5-7,9-10,18H,3-4,8,11H2,1-2H3. The minimum Gasteiger partial charge on any atom is -0.392 e. The van der Waals surface area contributed by atoms with Crippen molar-refractivity contribution in [2.45, 2.75) is 26.0 Å². The van der Waals surface area contributed by atoms with Crippen molar-refractivity contribution in [3.8, 4) is 0 Å². The summed E-state index contributed by atoms with van der Waals surface area (Å²) in [5, 5.41) is 10.3. The Kier molecular flexibility index (Phi) is 4.22. The lowest BCUT2D eigenvalue weighted by Gasteiger charge is -2.10. The summed E-state index contributed by atoms with van der Waals surface area (Å²) in [5.41, 5.74) is 2.03. The number of aliphatic hydroxyl groups is 1. The highest BCUT2D eigenvalue weighted by Gasteiger charge is 2.05. The molecule has 0 saturated carbocycles. The fourth-order valence-corrected chi connectivity index (χ4v) is 2.15. The maximum Gasteiger partial charge on any atom is 0.222 e. The van der Waals surface area contributed by atoms with E-state index in [1.807, 2.05) is 24.4 Å². The van der Waals surface area contributed by atoms with Gasteiger partial charge in [0.05, 0.1) is 6.61 Å². The number of amides is 1. The zero-order chi connectivity index (χ0) is 13.8. The molecule has 0 aliphatic carbocycles. The van der Waals surface area contributed by atoms with Gasteiger partial charge in [-0.3, -0.25) is 4.79 Å². The average molecular weight is 260 g/mol. The zero-order valence-corrected chi connectivity index (χ0v) is 11.5. The van der Waals surface area contributed by atoms with Gasteiger partial charge in [0, 0.05) is 38.8 Å². The Balaban J connectivity index is 2.06. The summed E-state index contributed by atoms with van der Waals surface area (Å²) < 4.78 is 2.14. The molecular formula is C15H20N2O2. The van der Waals surface area contributed by atoms with E-state index in [1.54, 1.807) is 19.0 Å². The topological polar surface area (TPSA) is 45.5 Å². The monoisotopic (exact) mass is 260 g/mol. The summed E-state index contributed by atoms with van der Waals surface area (Å²) in [6, 6.07) is 8.01. The van der Waals surface area contributed by atoms with Crippen molar-refractivity contribution in [2.75, 3.05) is 14.1 Å². The Morgan fingerprint density at radius 1 is 1.32 bits per heavy atom. The SMILES string of the molecule is CN(C)C(=O)CCCn1ccc2ccc(CO)cc21. The number of hydrogen-bond acceptors (Lipinski definition) is 2. The van der Waals surface area contributed by atoms with Crippen molar-refractivity contribution in [3.05, 3.63) is 36.0 Å². The molecule has 0 radical (unpaired) electrons. The second-order valence-electron chi connectivity index (χ2n) is 4.95. The minimum atomic E-state index is 0.0558. The molecule has 0 atom stereocenters. The lowest BCUT2D eigenvalue weighted by molar-refractivity contribution is -0.128. The Labute approximate surface area is 113 Å². The van der Waals surface area contributed by atoms with Crippen LogP contribution in [0, 0.1) is 0 Å². The van der Waals surface area contributed by atoms with E-state index in [9.17, 15) is 9.90 Å². The molecule has 19 heavy (non-hydrogen) atoms. The Hall–Kier alpha value is -1.81. The summed E-state index contributed by atoms with van der Waals surface area (Å²) in [5.74, 6) is 0.160. The van der Waals surface area contributed by atoms with Crippen molar-refractivity contribution in [2.24, 2.45) is 0 Å². The van der Waals surface area contributed by atoms with E-state index in [1.165, 1.54) is 0 Å². The van der Waals surface area contributed by atoms with E-state index in [2.05, 4.69) is 10.6 Å². The van der Waals surface area contributed by atoms with Gasteiger partial charge in [0.1, 0.15) is 0 Å². The summed E-state index contributed by atoms with van der Waals surface area (Å²) in [4.78, 5) is 13.1. The van der Waals surface area contributed by atoms with Gasteiger partial charge in [0.2, 0.25) is 5.91 Å². The molecule has 102 valence electrons. The van der Waals surface area contributed by atoms with E-state index in [0.717, 1.165) is 29.4 Å². The number of fused-ring (bicyclic) bond motifs is 1. The lowest BCUT2D eigenvalue weighted by atomic mass is 10.2. The highest BCUT2D eigenvalue weighted by molar-refractivity contribution is 5.81. The number of carbonyl (C=O) groups is 1. The van der Waals surface area contributed by atoms with Crippen LogP contribution in [-0.2, 0) is 17.9 Å². The summed E-state index contributed by atoms with van der Waals surface area (Å²) in [6.45, 7) is 0.873. The molecule has 4 nitrogen and oxygen atoms in total. The van der Waals surface area contributed by atoms with Gasteiger partial charge >= 0.3 is 0 Å². The molecule has 0 bridgehead atoms. The van der Waals surface area contributed by atoms with Crippen molar-refractivity contribution in [1.29, 1.82) is 0 Å². The third kappa shape index (κ3) is 3.15. The lowest BCUT2D eigenvalue weighted by Crippen LogP contribution is -2.21. The van der Waals surface area contributed by atoms with Crippen molar-refractivity contribution >= 4 is 16.8 Å². The van der Waals surface area contributed by atoms with Crippen LogP contribution in [0.4, 0.5) is 0 Å². The molecule has 1 amide bonds. The van der Waals surface area contributed by atoms with Gasteiger partial charge in [-0.2, -0.15) is 0 Å². The van der Waals surface area contributed by atoms with Gasteiger partial charge in [0.25, 0.3) is 0 Å². The number of aromatic nitrogens is 1. The summed E-state index contributed by atoms with van der Waals surface area (Å²) in [7, 11) is 3.56. The van der Waals surface area contributed by atoms with E-state index >= 15 is 0 Å². The van der Waals surface area contributed by atoms with Crippen LogP contribution in [0.25, 0.3) is 10.9 Å². The Morgan fingerprint density at radius 3 is 2.79 bits per heavy atom. The Morgan fingerprint density at radius 2 is 2.11 bits per heavy atom. The first-order valence-corrected chi connectivity index (χ1v) is 6.50. The molecule has 4 heteroatoms. The van der Waals surface area contributed by atoms with Crippen molar-refractivity contribution in [1.82, 2.24) is 9.47 Å². The van der Waals surface area contributed by atoms with E-state index in [-0.39, 0.29) is 12.5 Å². The molecule has 0 unspecified atom stereocenters. The van der Waals surface area contributed by atoms with Gasteiger partial charge in [-0.25, -0.2) is 0 Å². The largest absolute Gasteiger partial charge is 0.392 e. The number of aryl methyl sites for hydroxylation is 1. The minimum absolute atomic E-state index is 0.0558. The maximum absolute atomic E-state index is 11.5. The number of nitrogens with zero attached hydrogens (tertiary/aromatic N) is 2. The quantitative estimate of drug-likeness (QED) is 0.893. The molecule has 2 aromatic rings. The van der Waals surface area contributed by atoms with Crippen LogP contribution in [0.5, 0.6) is 0 Å². The van der Waals surface area contributed by atoms with Crippen LogP contribution in [0.15, 0.2) is 30.5 Å². The molecular weight excluding hydrogens is 240 g/mol. The second-order valence-corrected chi connectivity index (χ2v) is 4.95. The van der Waals surface area contributed by atoms with Crippen LogP contribution in [0.3, 0.4) is 0 Å². The van der Waals surface area contributed by atoms with Crippen molar-refractivity contribution < 1.29 is 9.90 Å². The molecule has 1 heterocycles. The summed E-state index contributed by atoms with van der Waals surface area (Å²) >= 11 is 0. The van der Waals surface area contributed by atoms with Crippen LogP contribution in [-0.4, -0.2) is 34.6 Å². The van der Waals surface area contributed by atoms with Gasteiger partial charge < -0.3 is 14.6 Å². The highest BCUT2D eigenvalue weighted by atomic mass is 16.3. The molecule has 1 aromatic heterocycles. The predicted octanol–water partition coefficient (Wildman–Crippen LogP) is 2.00. The zero-order valence-electron chi connectivity index (χ0n) is 11.5. The number of hydrogen-bond donors (Lipinski definition) is 1. The number of aliphatic hydroxyl groups excluding tert-OH is 1. The first-order valence-electron chi connectivity index (χ1n) is 6.50. The Bertz CT molecular complexity index is 573. The maximum atomic E-state index is 11.5. The fraction of sp³-hybridized carbons (Fsp3) is 0.400. The van der Waals surface area contributed by atoms with Crippen LogP contribution >= 0.6 is 0 Å². The molecule has 0 aliphatic heterocycles. The number of carbonyl (C=O) groups excluding carboxylic acids is 1. The molecule has 1 aromatic carbocycles. The third-order valence-electron chi connectivity index (χ3n) is 3.31. The third-order valence-corrected chi connectivity index (χ3v) is 3.31. The van der Waals surface area contributed by atoms with Gasteiger partial charge in [-0.05, 0) is 29.5 Å². The van der Waals surface area contributed by atoms with Crippen LogP contribution in [0.1, 0.15) is 18.4 Å². The fourth-order valence-electron chi connectivity index (χ4n) is 2.15. The van der Waals surface area contributed by atoms with E-state index < -0.39 is 0 Å².